The van der Waals surface area contributed by atoms with Crippen molar-refractivity contribution in [3.63, 3.8) is 0 Å². The van der Waals surface area contributed by atoms with Crippen molar-refractivity contribution in [2.75, 3.05) is 6.61 Å². The summed E-state index contributed by atoms with van der Waals surface area (Å²) in [4.78, 5) is 8.06. The van der Waals surface area contributed by atoms with Crippen molar-refractivity contribution in [2.24, 2.45) is 0 Å². The molecule has 0 aliphatic heterocycles. The average molecular weight is 162 g/mol. The summed E-state index contributed by atoms with van der Waals surface area (Å²) in [5, 5.41) is 8.48. The smallest absolute Gasteiger partial charge is 0.134 e. The minimum absolute atomic E-state index is 0.0896. The van der Waals surface area contributed by atoms with Crippen molar-refractivity contribution in [3.8, 4) is 11.8 Å². The molecule has 1 heterocycles. The van der Waals surface area contributed by atoms with E-state index in [2.05, 4.69) is 21.8 Å². The van der Waals surface area contributed by atoms with Crippen molar-refractivity contribution in [3.05, 3.63) is 23.8 Å². The van der Waals surface area contributed by atoms with Crippen LogP contribution in [0.15, 0.2) is 12.4 Å². The van der Waals surface area contributed by atoms with Gasteiger partial charge < -0.3 is 5.11 Å². The summed E-state index contributed by atoms with van der Waals surface area (Å²) in [5.74, 6) is 5.62. The zero-order chi connectivity index (χ0) is 8.81. The molecule has 0 bridgehead atoms. The molecule has 0 radical (unpaired) electrons. The van der Waals surface area contributed by atoms with Crippen molar-refractivity contribution in [1.82, 2.24) is 9.97 Å². The molecular weight excluding hydrogens is 152 g/mol. The highest BCUT2D eigenvalue weighted by molar-refractivity contribution is 5.30. The van der Waals surface area contributed by atoms with Crippen LogP contribution >= 0.6 is 0 Å². The number of aliphatic hydroxyl groups is 1. The maximum Gasteiger partial charge on any atom is 0.134 e. The number of hydrogen-bond acceptors (Lipinski definition) is 3. The maximum absolute atomic E-state index is 8.48. The normalized spacial score (nSPS) is 8.83. The Morgan fingerprint density at radius 3 is 2.83 bits per heavy atom. The summed E-state index contributed by atoms with van der Waals surface area (Å²) in [5.41, 5.74) is 1.51. The Morgan fingerprint density at radius 2 is 2.17 bits per heavy atom. The number of aryl methyl sites for hydroxylation is 1. The molecule has 0 atom stereocenters. The summed E-state index contributed by atoms with van der Waals surface area (Å²) >= 11 is 0. The molecular formula is C9H10N2O. The molecule has 1 aromatic rings. The van der Waals surface area contributed by atoms with Gasteiger partial charge in [0.25, 0.3) is 0 Å². The molecule has 1 aromatic heterocycles. The van der Waals surface area contributed by atoms with Crippen LogP contribution < -0.4 is 0 Å². The standard InChI is InChI=1S/C9H10N2O/c1-8-9(4-2-3-7-12)11-6-5-10-8/h5-6,12H,3,7H2,1H3. The molecule has 3 nitrogen and oxygen atoms in total. The van der Waals surface area contributed by atoms with E-state index in [1.165, 1.54) is 0 Å². The number of rotatable bonds is 1. The lowest BCUT2D eigenvalue weighted by Gasteiger charge is -1.92. The molecule has 0 aromatic carbocycles. The third-order valence-corrected chi connectivity index (χ3v) is 1.32. The van der Waals surface area contributed by atoms with Gasteiger partial charge in [0.2, 0.25) is 0 Å². The topological polar surface area (TPSA) is 46.0 Å². The molecule has 3 heteroatoms. The second-order valence-electron chi connectivity index (χ2n) is 2.27. The van der Waals surface area contributed by atoms with E-state index in [1.54, 1.807) is 12.4 Å². The van der Waals surface area contributed by atoms with Crippen LogP contribution in [0.3, 0.4) is 0 Å². The number of aliphatic hydroxyl groups excluding tert-OH is 1. The lowest BCUT2D eigenvalue weighted by atomic mass is 10.3. The van der Waals surface area contributed by atoms with Gasteiger partial charge in [-0.25, -0.2) is 4.98 Å². The predicted octanol–water partition coefficient (Wildman–Crippen LogP) is 0.519. The maximum atomic E-state index is 8.48. The lowest BCUT2D eigenvalue weighted by molar-refractivity contribution is 0.305. The van der Waals surface area contributed by atoms with Crippen molar-refractivity contribution < 1.29 is 5.11 Å². The second kappa shape index (κ2) is 4.47. The minimum Gasteiger partial charge on any atom is -0.395 e. The lowest BCUT2D eigenvalue weighted by Crippen LogP contribution is -1.90. The van der Waals surface area contributed by atoms with Gasteiger partial charge in [-0.1, -0.05) is 5.92 Å². The second-order valence-corrected chi connectivity index (χ2v) is 2.27. The van der Waals surface area contributed by atoms with Crippen LogP contribution in [-0.4, -0.2) is 21.7 Å². The molecule has 1 rings (SSSR count). The summed E-state index contributed by atoms with van der Waals surface area (Å²) in [6.45, 7) is 1.95. The summed E-state index contributed by atoms with van der Waals surface area (Å²) in [7, 11) is 0. The first-order valence-electron chi connectivity index (χ1n) is 3.72. The quantitative estimate of drug-likeness (QED) is 0.612. The molecule has 0 saturated heterocycles. The third-order valence-electron chi connectivity index (χ3n) is 1.32. The van der Waals surface area contributed by atoms with Crippen LogP contribution in [-0.2, 0) is 0 Å². The van der Waals surface area contributed by atoms with Gasteiger partial charge in [0, 0.05) is 18.8 Å². The molecule has 0 unspecified atom stereocenters. The molecule has 12 heavy (non-hydrogen) atoms. The zero-order valence-electron chi connectivity index (χ0n) is 6.91. The first-order valence-corrected chi connectivity index (χ1v) is 3.72. The molecule has 62 valence electrons. The molecule has 0 fully saturated rings. The van der Waals surface area contributed by atoms with Crippen molar-refractivity contribution in [1.29, 1.82) is 0 Å². The van der Waals surface area contributed by atoms with Crippen LogP contribution in [0.1, 0.15) is 17.8 Å². The SMILES string of the molecule is Cc1nccnc1C#CCCO. The van der Waals surface area contributed by atoms with Gasteiger partial charge in [-0.05, 0) is 12.8 Å². The van der Waals surface area contributed by atoms with E-state index in [0.717, 1.165) is 5.69 Å². The van der Waals surface area contributed by atoms with E-state index < -0.39 is 0 Å². The Balaban J connectivity index is 2.77. The van der Waals surface area contributed by atoms with Crippen molar-refractivity contribution in [2.45, 2.75) is 13.3 Å². The fourth-order valence-corrected chi connectivity index (χ4v) is 0.732. The summed E-state index contributed by atoms with van der Waals surface area (Å²) in [6.07, 6.45) is 3.72. The number of aromatic nitrogens is 2. The summed E-state index contributed by atoms with van der Waals surface area (Å²) in [6, 6.07) is 0. The van der Waals surface area contributed by atoms with Crippen LogP contribution in [0.2, 0.25) is 0 Å². The Labute approximate surface area is 71.5 Å². The Hall–Kier alpha value is -1.40. The van der Waals surface area contributed by atoms with Gasteiger partial charge >= 0.3 is 0 Å². The fraction of sp³-hybridized carbons (Fsp3) is 0.333. The monoisotopic (exact) mass is 162 g/mol. The number of nitrogens with zero attached hydrogens (tertiary/aromatic N) is 2. The van der Waals surface area contributed by atoms with E-state index in [4.69, 9.17) is 5.11 Å². The highest BCUT2D eigenvalue weighted by Crippen LogP contribution is 1.95. The molecule has 1 N–H and O–H groups in total. The Kier molecular flexibility index (Phi) is 3.24. The average Bonchev–Trinajstić information content (AvgIpc) is 2.09. The molecule has 0 saturated carbocycles. The summed E-state index contributed by atoms with van der Waals surface area (Å²) < 4.78 is 0. The van der Waals surface area contributed by atoms with Gasteiger partial charge in [-0.2, -0.15) is 0 Å². The van der Waals surface area contributed by atoms with E-state index in [0.29, 0.717) is 12.1 Å². The first-order chi connectivity index (χ1) is 5.84. The third kappa shape index (κ3) is 2.33. The van der Waals surface area contributed by atoms with E-state index in [1.807, 2.05) is 6.92 Å². The largest absolute Gasteiger partial charge is 0.395 e. The van der Waals surface area contributed by atoms with E-state index in [9.17, 15) is 0 Å². The predicted molar refractivity (Wildman–Crippen MR) is 45.3 cm³/mol. The van der Waals surface area contributed by atoms with Crippen LogP contribution in [0.5, 0.6) is 0 Å². The van der Waals surface area contributed by atoms with Gasteiger partial charge in [0.05, 0.1) is 12.3 Å². The van der Waals surface area contributed by atoms with Gasteiger partial charge in [0.1, 0.15) is 5.69 Å². The zero-order valence-corrected chi connectivity index (χ0v) is 6.91. The highest BCUT2D eigenvalue weighted by Gasteiger charge is 1.92. The molecule has 0 spiro atoms. The molecule has 0 amide bonds. The van der Waals surface area contributed by atoms with Crippen LogP contribution in [0.4, 0.5) is 0 Å². The fourth-order valence-electron chi connectivity index (χ4n) is 0.732. The van der Waals surface area contributed by atoms with Crippen LogP contribution in [0.25, 0.3) is 0 Å². The van der Waals surface area contributed by atoms with Gasteiger partial charge in [-0.3, -0.25) is 4.98 Å². The van der Waals surface area contributed by atoms with Crippen molar-refractivity contribution >= 4 is 0 Å². The Bertz CT molecular complexity index is 312. The van der Waals surface area contributed by atoms with E-state index in [-0.39, 0.29) is 6.61 Å². The van der Waals surface area contributed by atoms with Crippen LogP contribution in [0, 0.1) is 18.8 Å². The van der Waals surface area contributed by atoms with Gasteiger partial charge in [-0.15, -0.1) is 0 Å². The van der Waals surface area contributed by atoms with Gasteiger partial charge in [0.15, 0.2) is 0 Å². The minimum atomic E-state index is 0.0896. The Morgan fingerprint density at radius 1 is 1.42 bits per heavy atom. The molecule has 0 aliphatic carbocycles. The van der Waals surface area contributed by atoms with E-state index >= 15 is 0 Å². The highest BCUT2D eigenvalue weighted by atomic mass is 16.2. The molecule has 0 aliphatic rings. The first kappa shape index (κ1) is 8.69. The number of hydrogen-bond donors (Lipinski definition) is 1.